The zero-order valence-corrected chi connectivity index (χ0v) is 10.5. The Balaban J connectivity index is 1.82. The van der Waals surface area contributed by atoms with Crippen LogP contribution in [0.5, 0.6) is 0 Å². The molecule has 6 heteroatoms. The maximum absolute atomic E-state index is 4.33. The third kappa shape index (κ3) is 1.80. The quantitative estimate of drug-likeness (QED) is 0.827. The lowest BCUT2D eigenvalue weighted by Crippen LogP contribution is -2.46. The van der Waals surface area contributed by atoms with Gasteiger partial charge in [-0.25, -0.2) is 4.98 Å². The van der Waals surface area contributed by atoms with Gasteiger partial charge < -0.3 is 10.2 Å². The number of nitrogens with zero attached hydrogens (tertiary/aromatic N) is 4. The van der Waals surface area contributed by atoms with Gasteiger partial charge in [-0.05, 0) is 41.2 Å². The van der Waals surface area contributed by atoms with Crippen LogP contribution in [0.25, 0.3) is 0 Å². The summed E-state index contributed by atoms with van der Waals surface area (Å²) in [6.07, 6.45) is 4.24. The number of halogens is 1. The predicted molar refractivity (Wildman–Crippen MR) is 64.3 cm³/mol. The van der Waals surface area contributed by atoms with Crippen LogP contribution in [0.1, 0.15) is 12.8 Å². The van der Waals surface area contributed by atoms with Crippen LogP contribution in [0, 0.1) is 5.92 Å². The fourth-order valence-electron chi connectivity index (χ4n) is 2.70. The van der Waals surface area contributed by atoms with Crippen molar-refractivity contribution in [1.82, 2.24) is 20.5 Å². The molecule has 2 fully saturated rings. The standard InChI is InChI=1S/C10H14BrN5/c11-9-6-13-10(15-14-9)16-4-2-7-1-3-12-5-8(7)16/h6-8,12H,1-5H2. The summed E-state index contributed by atoms with van der Waals surface area (Å²) in [4.78, 5) is 6.62. The van der Waals surface area contributed by atoms with E-state index >= 15 is 0 Å². The molecule has 3 rings (SSSR count). The SMILES string of the molecule is Brc1cnc(N2CCC3CCNCC32)nn1. The molecular formula is C10H14BrN5. The molecule has 0 bridgehead atoms. The lowest BCUT2D eigenvalue weighted by molar-refractivity contribution is 0.357. The molecule has 2 aliphatic heterocycles. The Kier molecular flexibility index (Phi) is 2.77. The third-order valence-electron chi connectivity index (χ3n) is 3.51. The van der Waals surface area contributed by atoms with Gasteiger partial charge in [0.15, 0.2) is 0 Å². The molecule has 3 heterocycles. The van der Waals surface area contributed by atoms with E-state index in [9.17, 15) is 0 Å². The number of nitrogens with one attached hydrogen (secondary N) is 1. The molecule has 0 saturated carbocycles. The Labute approximate surface area is 103 Å². The smallest absolute Gasteiger partial charge is 0.245 e. The highest BCUT2D eigenvalue weighted by molar-refractivity contribution is 9.10. The molecule has 0 aromatic carbocycles. The van der Waals surface area contributed by atoms with E-state index in [0.29, 0.717) is 10.6 Å². The number of piperidine rings is 1. The maximum Gasteiger partial charge on any atom is 0.245 e. The molecule has 1 aromatic rings. The van der Waals surface area contributed by atoms with Crippen LogP contribution >= 0.6 is 15.9 Å². The van der Waals surface area contributed by atoms with Crippen LogP contribution in [-0.4, -0.2) is 40.9 Å². The molecule has 0 amide bonds. The number of fused-ring (bicyclic) bond motifs is 1. The van der Waals surface area contributed by atoms with Crippen molar-refractivity contribution in [3.63, 3.8) is 0 Å². The average molecular weight is 284 g/mol. The molecule has 86 valence electrons. The molecular weight excluding hydrogens is 270 g/mol. The van der Waals surface area contributed by atoms with Crippen molar-refractivity contribution in [3.8, 4) is 0 Å². The van der Waals surface area contributed by atoms with E-state index in [1.165, 1.54) is 12.8 Å². The molecule has 1 N–H and O–H groups in total. The molecule has 2 saturated heterocycles. The van der Waals surface area contributed by atoms with Crippen molar-refractivity contribution in [2.75, 3.05) is 24.5 Å². The number of rotatable bonds is 1. The molecule has 5 nitrogen and oxygen atoms in total. The molecule has 0 aliphatic carbocycles. The zero-order valence-electron chi connectivity index (χ0n) is 8.93. The van der Waals surface area contributed by atoms with E-state index in [2.05, 4.69) is 41.3 Å². The summed E-state index contributed by atoms with van der Waals surface area (Å²) >= 11 is 3.26. The molecule has 0 spiro atoms. The summed E-state index contributed by atoms with van der Waals surface area (Å²) in [7, 11) is 0. The van der Waals surface area contributed by atoms with Crippen LogP contribution in [0.4, 0.5) is 5.95 Å². The van der Waals surface area contributed by atoms with Gasteiger partial charge in [0.05, 0.1) is 6.20 Å². The van der Waals surface area contributed by atoms with Crippen LogP contribution in [-0.2, 0) is 0 Å². The van der Waals surface area contributed by atoms with Crippen molar-refractivity contribution < 1.29 is 0 Å². The first-order valence-corrected chi connectivity index (χ1v) is 6.46. The normalized spacial score (nSPS) is 29.2. The number of hydrogen-bond donors (Lipinski definition) is 1. The van der Waals surface area contributed by atoms with E-state index in [1.54, 1.807) is 6.20 Å². The van der Waals surface area contributed by atoms with E-state index in [1.807, 2.05) is 0 Å². The summed E-state index contributed by atoms with van der Waals surface area (Å²) in [5.74, 6) is 1.56. The minimum absolute atomic E-state index is 0.553. The van der Waals surface area contributed by atoms with Crippen LogP contribution in [0.3, 0.4) is 0 Å². The van der Waals surface area contributed by atoms with Gasteiger partial charge in [0.1, 0.15) is 4.60 Å². The Morgan fingerprint density at radius 3 is 3.12 bits per heavy atom. The summed E-state index contributed by atoms with van der Waals surface area (Å²) in [6.45, 7) is 3.25. The van der Waals surface area contributed by atoms with Crippen LogP contribution in [0.2, 0.25) is 0 Å². The van der Waals surface area contributed by atoms with Crippen molar-refractivity contribution in [3.05, 3.63) is 10.8 Å². The fourth-order valence-corrected chi connectivity index (χ4v) is 2.89. The number of aromatic nitrogens is 3. The Morgan fingerprint density at radius 1 is 1.38 bits per heavy atom. The summed E-state index contributed by atoms with van der Waals surface area (Å²) in [5, 5.41) is 11.6. The van der Waals surface area contributed by atoms with Crippen LogP contribution < -0.4 is 10.2 Å². The van der Waals surface area contributed by atoms with Crippen molar-refractivity contribution in [1.29, 1.82) is 0 Å². The van der Waals surface area contributed by atoms with Crippen LogP contribution in [0.15, 0.2) is 10.8 Å². The Morgan fingerprint density at radius 2 is 2.31 bits per heavy atom. The maximum atomic E-state index is 4.33. The highest BCUT2D eigenvalue weighted by atomic mass is 79.9. The van der Waals surface area contributed by atoms with Crippen molar-refractivity contribution >= 4 is 21.9 Å². The van der Waals surface area contributed by atoms with Gasteiger partial charge in [-0.1, -0.05) is 0 Å². The highest BCUT2D eigenvalue weighted by Gasteiger charge is 2.36. The van der Waals surface area contributed by atoms with Crippen molar-refractivity contribution in [2.24, 2.45) is 5.92 Å². The van der Waals surface area contributed by atoms with E-state index in [4.69, 9.17) is 0 Å². The van der Waals surface area contributed by atoms with Gasteiger partial charge >= 0.3 is 0 Å². The average Bonchev–Trinajstić information content (AvgIpc) is 2.74. The monoisotopic (exact) mass is 283 g/mol. The highest BCUT2D eigenvalue weighted by Crippen LogP contribution is 2.30. The molecule has 2 aliphatic rings. The van der Waals surface area contributed by atoms with Gasteiger partial charge in [0.25, 0.3) is 0 Å². The van der Waals surface area contributed by atoms with E-state index < -0.39 is 0 Å². The fraction of sp³-hybridized carbons (Fsp3) is 0.700. The first-order valence-electron chi connectivity index (χ1n) is 5.67. The molecule has 16 heavy (non-hydrogen) atoms. The van der Waals surface area contributed by atoms with E-state index in [0.717, 1.165) is 31.5 Å². The summed E-state index contributed by atoms with van der Waals surface area (Å²) in [5.41, 5.74) is 0. The minimum atomic E-state index is 0.553. The topological polar surface area (TPSA) is 53.9 Å². The molecule has 2 atom stereocenters. The number of anilines is 1. The third-order valence-corrected chi connectivity index (χ3v) is 3.87. The predicted octanol–water partition coefficient (Wildman–Crippen LogP) is 0.822. The second kappa shape index (κ2) is 4.25. The summed E-state index contributed by atoms with van der Waals surface area (Å²) < 4.78 is 0.689. The first-order chi connectivity index (χ1) is 7.84. The Hall–Kier alpha value is -0.750. The molecule has 2 unspecified atom stereocenters. The second-order valence-corrected chi connectivity index (χ2v) is 5.20. The largest absolute Gasteiger partial charge is 0.335 e. The minimum Gasteiger partial charge on any atom is -0.335 e. The Bertz CT molecular complexity index is 368. The second-order valence-electron chi connectivity index (χ2n) is 4.38. The zero-order chi connectivity index (χ0) is 11.0. The summed E-state index contributed by atoms with van der Waals surface area (Å²) in [6, 6.07) is 0.553. The molecule has 1 aromatic heterocycles. The first kappa shape index (κ1) is 10.4. The van der Waals surface area contributed by atoms with Gasteiger partial charge in [-0.15, -0.1) is 10.2 Å². The van der Waals surface area contributed by atoms with Gasteiger partial charge in [-0.2, -0.15) is 0 Å². The molecule has 0 radical (unpaired) electrons. The lowest BCUT2D eigenvalue weighted by atomic mass is 9.93. The van der Waals surface area contributed by atoms with Crippen molar-refractivity contribution in [2.45, 2.75) is 18.9 Å². The lowest BCUT2D eigenvalue weighted by Gasteiger charge is -2.31. The van der Waals surface area contributed by atoms with Gasteiger partial charge in [0.2, 0.25) is 5.95 Å². The number of hydrogen-bond acceptors (Lipinski definition) is 5. The van der Waals surface area contributed by atoms with Gasteiger partial charge in [-0.3, -0.25) is 0 Å². The van der Waals surface area contributed by atoms with E-state index in [-0.39, 0.29) is 0 Å². The van der Waals surface area contributed by atoms with Gasteiger partial charge in [0, 0.05) is 19.1 Å².